The lowest BCUT2D eigenvalue weighted by Gasteiger charge is -2.15. The first kappa shape index (κ1) is 20.1. The second-order valence-electron chi connectivity index (χ2n) is 5.89. The molecule has 25 heavy (non-hydrogen) atoms. The van der Waals surface area contributed by atoms with Crippen LogP contribution in [0.5, 0.6) is 0 Å². The molecule has 0 aromatic carbocycles. The second-order valence-corrected chi connectivity index (χ2v) is 6.67. The Morgan fingerprint density at radius 2 is 2.32 bits per heavy atom. The van der Waals surface area contributed by atoms with E-state index < -0.39 is 0 Å². The normalized spacial score (nSPS) is 17.4. The van der Waals surface area contributed by atoms with Gasteiger partial charge in [0.2, 0.25) is 0 Å². The molecule has 2 aromatic rings. The summed E-state index contributed by atoms with van der Waals surface area (Å²) < 4.78 is 7.64. The van der Waals surface area contributed by atoms with Crippen LogP contribution in [0.1, 0.15) is 30.1 Å². The molecule has 0 bridgehead atoms. The average molecular weight is 476 g/mol. The summed E-state index contributed by atoms with van der Waals surface area (Å²) in [5, 5.41) is 19.2. The van der Waals surface area contributed by atoms with E-state index in [4.69, 9.17) is 4.74 Å². The molecule has 1 aliphatic rings. The van der Waals surface area contributed by atoms with Crippen LogP contribution < -0.4 is 10.6 Å². The van der Waals surface area contributed by atoms with Crippen molar-refractivity contribution in [2.45, 2.75) is 39.0 Å². The Balaban J connectivity index is 0.00000225. The number of aryl methyl sites for hydroxylation is 1. The molecule has 7 nitrogen and oxygen atoms in total. The minimum absolute atomic E-state index is 0. The molecule has 0 amide bonds. The number of hydrogen-bond donors (Lipinski definition) is 2. The molecule has 3 rings (SSSR count). The number of thiophene rings is 1. The fourth-order valence-electron chi connectivity index (χ4n) is 2.51. The van der Waals surface area contributed by atoms with Crippen molar-refractivity contribution in [2.75, 3.05) is 13.2 Å². The highest BCUT2D eigenvalue weighted by molar-refractivity contribution is 14.0. The van der Waals surface area contributed by atoms with Gasteiger partial charge >= 0.3 is 0 Å². The van der Waals surface area contributed by atoms with Gasteiger partial charge < -0.3 is 19.9 Å². The van der Waals surface area contributed by atoms with Gasteiger partial charge in [-0.2, -0.15) is 11.3 Å². The van der Waals surface area contributed by atoms with Gasteiger partial charge in [0, 0.05) is 20.2 Å². The van der Waals surface area contributed by atoms with Crippen molar-refractivity contribution in [1.82, 2.24) is 25.4 Å². The van der Waals surface area contributed by atoms with E-state index in [1.807, 2.05) is 18.5 Å². The number of nitrogens with one attached hydrogen (secondary N) is 2. The lowest BCUT2D eigenvalue weighted by molar-refractivity contribution is 0.113. The summed E-state index contributed by atoms with van der Waals surface area (Å²) in [6.07, 6.45) is 2.52. The van der Waals surface area contributed by atoms with Crippen LogP contribution in [0, 0.1) is 6.92 Å². The van der Waals surface area contributed by atoms with E-state index in [1.54, 1.807) is 11.3 Å². The number of rotatable bonds is 6. The van der Waals surface area contributed by atoms with Crippen molar-refractivity contribution >= 4 is 41.3 Å². The Morgan fingerprint density at radius 1 is 1.44 bits per heavy atom. The van der Waals surface area contributed by atoms with Gasteiger partial charge in [-0.1, -0.05) is 0 Å². The molecule has 138 valence electrons. The van der Waals surface area contributed by atoms with E-state index in [-0.39, 0.29) is 30.1 Å². The number of halogens is 1. The van der Waals surface area contributed by atoms with Gasteiger partial charge in [0.25, 0.3) is 0 Å². The number of aromatic nitrogens is 3. The van der Waals surface area contributed by atoms with E-state index in [9.17, 15) is 0 Å². The largest absolute Gasteiger partial charge is 0.376 e. The zero-order valence-corrected chi connectivity index (χ0v) is 17.7. The highest BCUT2D eigenvalue weighted by Crippen LogP contribution is 2.11. The molecule has 1 fully saturated rings. The third-order valence-electron chi connectivity index (χ3n) is 4.12. The molecule has 2 aromatic heterocycles. The first-order valence-corrected chi connectivity index (χ1v) is 9.16. The fourth-order valence-corrected chi connectivity index (χ4v) is 3.17. The van der Waals surface area contributed by atoms with Crippen molar-refractivity contribution in [2.24, 2.45) is 12.0 Å². The third kappa shape index (κ3) is 5.93. The minimum atomic E-state index is 0. The summed E-state index contributed by atoms with van der Waals surface area (Å²) in [4.78, 5) is 4.67. The summed E-state index contributed by atoms with van der Waals surface area (Å²) in [6.45, 7) is 4.81. The predicted octanol–water partition coefficient (Wildman–Crippen LogP) is 2.22. The molecule has 2 N–H and O–H groups in total. The van der Waals surface area contributed by atoms with E-state index in [2.05, 4.69) is 42.6 Å². The minimum Gasteiger partial charge on any atom is -0.376 e. The molecule has 1 aliphatic heterocycles. The van der Waals surface area contributed by atoms with Gasteiger partial charge in [0.05, 0.1) is 19.2 Å². The number of hydrogen-bond acceptors (Lipinski definition) is 5. The Morgan fingerprint density at radius 3 is 2.96 bits per heavy atom. The standard InChI is InChI=1S/C16H24N6OS.HI/c1-12-20-21-15(22(12)2)10-19-16(17-8-13-5-7-24-11-13)18-9-14-4-3-6-23-14;/h5,7,11,14H,3-4,6,8-10H2,1-2H3,(H2,17,18,19);1H. The molecule has 1 atom stereocenters. The van der Waals surface area contributed by atoms with Crippen LogP contribution in [0.15, 0.2) is 21.8 Å². The van der Waals surface area contributed by atoms with Crippen molar-refractivity contribution in [3.8, 4) is 0 Å². The fraction of sp³-hybridized carbons (Fsp3) is 0.562. The average Bonchev–Trinajstić information content (AvgIpc) is 3.33. The smallest absolute Gasteiger partial charge is 0.192 e. The Bertz CT molecular complexity index is 666. The zero-order chi connectivity index (χ0) is 16.8. The van der Waals surface area contributed by atoms with E-state index in [1.165, 1.54) is 5.56 Å². The van der Waals surface area contributed by atoms with Gasteiger partial charge in [-0.05, 0) is 42.2 Å². The molecular formula is C16H25IN6OS. The topological polar surface area (TPSA) is 76.4 Å². The van der Waals surface area contributed by atoms with Gasteiger partial charge in [-0.25, -0.2) is 4.99 Å². The van der Waals surface area contributed by atoms with Gasteiger partial charge in [0.1, 0.15) is 5.82 Å². The van der Waals surface area contributed by atoms with Gasteiger partial charge in [-0.15, -0.1) is 34.2 Å². The summed E-state index contributed by atoms with van der Waals surface area (Å²) >= 11 is 1.69. The molecule has 0 spiro atoms. The predicted molar refractivity (Wildman–Crippen MR) is 110 cm³/mol. The van der Waals surface area contributed by atoms with Crippen LogP contribution in [-0.2, 0) is 24.9 Å². The van der Waals surface area contributed by atoms with Crippen LogP contribution in [0.2, 0.25) is 0 Å². The molecule has 1 unspecified atom stereocenters. The number of nitrogens with zero attached hydrogens (tertiary/aromatic N) is 4. The maximum Gasteiger partial charge on any atom is 0.192 e. The molecule has 0 saturated carbocycles. The zero-order valence-electron chi connectivity index (χ0n) is 14.6. The maximum absolute atomic E-state index is 5.67. The number of aliphatic imine (C=N–C) groups is 1. The Kier molecular flexibility index (Phi) is 8.10. The van der Waals surface area contributed by atoms with Crippen molar-refractivity contribution in [1.29, 1.82) is 0 Å². The highest BCUT2D eigenvalue weighted by Gasteiger charge is 2.16. The van der Waals surface area contributed by atoms with Crippen molar-refractivity contribution in [3.63, 3.8) is 0 Å². The molecule has 0 aliphatic carbocycles. The van der Waals surface area contributed by atoms with E-state index >= 15 is 0 Å². The molecule has 3 heterocycles. The maximum atomic E-state index is 5.67. The number of guanidine groups is 1. The molecule has 1 saturated heterocycles. The molecule has 9 heteroatoms. The Labute approximate surface area is 169 Å². The Hall–Kier alpha value is -1.20. The van der Waals surface area contributed by atoms with E-state index in [0.717, 1.165) is 43.6 Å². The van der Waals surface area contributed by atoms with Gasteiger partial charge in [-0.3, -0.25) is 0 Å². The summed E-state index contributed by atoms with van der Waals surface area (Å²) in [5.41, 5.74) is 1.22. The monoisotopic (exact) mass is 476 g/mol. The van der Waals surface area contributed by atoms with Crippen molar-refractivity contribution in [3.05, 3.63) is 34.0 Å². The highest BCUT2D eigenvalue weighted by atomic mass is 127. The summed E-state index contributed by atoms with van der Waals surface area (Å²) in [7, 11) is 1.97. The van der Waals surface area contributed by atoms with Crippen LogP contribution in [0.3, 0.4) is 0 Å². The summed E-state index contributed by atoms with van der Waals surface area (Å²) in [6, 6.07) is 2.10. The van der Waals surface area contributed by atoms with E-state index in [0.29, 0.717) is 13.1 Å². The first-order chi connectivity index (χ1) is 11.7. The van der Waals surface area contributed by atoms with Gasteiger partial charge in [0.15, 0.2) is 11.8 Å². The number of ether oxygens (including phenoxy) is 1. The SMILES string of the molecule is Cc1nnc(CNC(=NCc2ccsc2)NCC2CCCO2)n1C.I. The first-order valence-electron chi connectivity index (χ1n) is 8.22. The van der Waals surface area contributed by atoms with Crippen molar-refractivity contribution < 1.29 is 4.74 Å². The lowest BCUT2D eigenvalue weighted by Crippen LogP contribution is -2.41. The third-order valence-corrected chi connectivity index (χ3v) is 4.85. The molecule has 0 radical (unpaired) electrons. The van der Waals surface area contributed by atoms with Crippen LogP contribution in [0.4, 0.5) is 0 Å². The summed E-state index contributed by atoms with van der Waals surface area (Å²) in [5.74, 6) is 2.56. The lowest BCUT2D eigenvalue weighted by atomic mass is 10.2. The quantitative estimate of drug-likeness (QED) is 0.380. The molecular weight excluding hydrogens is 451 g/mol. The van der Waals surface area contributed by atoms with Crippen LogP contribution >= 0.6 is 35.3 Å². The second kappa shape index (κ2) is 10.1. The van der Waals surface area contributed by atoms with Crippen LogP contribution in [0.25, 0.3) is 0 Å². The van der Waals surface area contributed by atoms with Crippen LogP contribution in [-0.4, -0.2) is 40.0 Å².